The molecular formula is C12H13BrClNO5S. The summed E-state index contributed by atoms with van der Waals surface area (Å²) < 4.78 is 33.7. The Morgan fingerprint density at radius 1 is 1.52 bits per heavy atom. The smallest absolute Gasteiger partial charge is 0.265 e. The second-order valence-corrected chi connectivity index (χ2v) is 7.85. The SMILES string of the molecule is COc1c(Br)cc(C(=O)NC2CCOC2)cc1S(=O)(=O)Cl. The minimum atomic E-state index is -4.04. The van der Waals surface area contributed by atoms with E-state index in [2.05, 4.69) is 21.2 Å². The van der Waals surface area contributed by atoms with Crippen molar-refractivity contribution in [2.75, 3.05) is 20.3 Å². The number of ether oxygens (including phenoxy) is 2. The number of benzene rings is 1. The van der Waals surface area contributed by atoms with Gasteiger partial charge in [0.15, 0.2) is 5.75 Å². The van der Waals surface area contributed by atoms with Crippen LogP contribution in [0, 0.1) is 0 Å². The van der Waals surface area contributed by atoms with Gasteiger partial charge in [0.2, 0.25) is 0 Å². The normalized spacial score (nSPS) is 18.5. The first-order valence-electron chi connectivity index (χ1n) is 6.03. The molecule has 0 radical (unpaired) electrons. The van der Waals surface area contributed by atoms with E-state index in [1.807, 2.05) is 0 Å². The van der Waals surface area contributed by atoms with Crippen LogP contribution in [-0.2, 0) is 13.8 Å². The lowest BCUT2D eigenvalue weighted by molar-refractivity contribution is 0.0929. The molecule has 1 aromatic carbocycles. The summed E-state index contributed by atoms with van der Waals surface area (Å²) in [4.78, 5) is 11.9. The van der Waals surface area contributed by atoms with E-state index in [4.69, 9.17) is 20.2 Å². The average Bonchev–Trinajstić information content (AvgIpc) is 2.89. The molecule has 1 N–H and O–H groups in total. The Labute approximate surface area is 135 Å². The minimum Gasteiger partial charge on any atom is -0.494 e. The molecule has 1 fully saturated rings. The number of carbonyl (C=O) groups is 1. The van der Waals surface area contributed by atoms with Crippen molar-refractivity contribution in [1.82, 2.24) is 5.32 Å². The summed E-state index contributed by atoms with van der Waals surface area (Å²) in [5, 5.41) is 2.78. The lowest BCUT2D eigenvalue weighted by atomic mass is 10.1. The highest BCUT2D eigenvalue weighted by Gasteiger charge is 2.24. The number of hydrogen-bond donors (Lipinski definition) is 1. The predicted molar refractivity (Wildman–Crippen MR) is 80.4 cm³/mol. The molecule has 1 aliphatic heterocycles. The Kier molecular flexibility index (Phi) is 5.13. The third kappa shape index (κ3) is 3.88. The third-order valence-corrected chi connectivity index (χ3v) is 4.92. The van der Waals surface area contributed by atoms with Crippen LogP contribution in [0.25, 0.3) is 0 Å². The molecule has 0 bridgehead atoms. The molecule has 2 rings (SSSR count). The van der Waals surface area contributed by atoms with Crippen LogP contribution in [0.5, 0.6) is 5.75 Å². The molecule has 1 amide bonds. The Bertz CT molecular complexity index is 658. The highest BCUT2D eigenvalue weighted by Crippen LogP contribution is 2.35. The molecule has 1 unspecified atom stereocenters. The van der Waals surface area contributed by atoms with E-state index in [-0.39, 0.29) is 22.3 Å². The molecule has 116 valence electrons. The van der Waals surface area contributed by atoms with Gasteiger partial charge in [-0.2, -0.15) is 0 Å². The summed E-state index contributed by atoms with van der Waals surface area (Å²) in [7, 11) is 2.66. The maximum atomic E-state index is 12.2. The molecule has 6 nitrogen and oxygen atoms in total. The first kappa shape index (κ1) is 16.5. The van der Waals surface area contributed by atoms with E-state index in [1.165, 1.54) is 19.2 Å². The maximum Gasteiger partial charge on any atom is 0.265 e. The lowest BCUT2D eigenvalue weighted by Gasteiger charge is -2.13. The number of halogens is 2. The Morgan fingerprint density at radius 3 is 2.76 bits per heavy atom. The molecule has 1 aliphatic rings. The third-order valence-electron chi connectivity index (χ3n) is 3.00. The summed E-state index contributed by atoms with van der Waals surface area (Å²) >= 11 is 3.18. The molecule has 21 heavy (non-hydrogen) atoms. The number of amides is 1. The van der Waals surface area contributed by atoms with Gasteiger partial charge in [0.05, 0.1) is 24.2 Å². The molecule has 1 atom stereocenters. The first-order chi connectivity index (χ1) is 9.82. The zero-order chi connectivity index (χ0) is 15.6. The quantitative estimate of drug-likeness (QED) is 0.784. The van der Waals surface area contributed by atoms with Gasteiger partial charge in [-0.15, -0.1) is 0 Å². The van der Waals surface area contributed by atoms with Gasteiger partial charge in [0.1, 0.15) is 4.90 Å². The van der Waals surface area contributed by atoms with Crippen molar-refractivity contribution in [2.24, 2.45) is 0 Å². The molecular weight excluding hydrogens is 386 g/mol. The number of carbonyl (C=O) groups excluding carboxylic acids is 1. The second-order valence-electron chi connectivity index (χ2n) is 4.46. The van der Waals surface area contributed by atoms with Crippen LogP contribution in [-0.4, -0.2) is 40.7 Å². The molecule has 1 saturated heterocycles. The van der Waals surface area contributed by atoms with Gasteiger partial charge in [-0.1, -0.05) is 0 Å². The summed E-state index contributed by atoms with van der Waals surface area (Å²) in [5.74, 6) is -0.332. The molecule has 0 aliphatic carbocycles. The van der Waals surface area contributed by atoms with Crippen molar-refractivity contribution in [3.05, 3.63) is 22.2 Å². The van der Waals surface area contributed by atoms with Crippen molar-refractivity contribution >= 4 is 41.6 Å². The Hall–Kier alpha value is -0.830. The van der Waals surface area contributed by atoms with Crippen LogP contribution in [0.3, 0.4) is 0 Å². The molecule has 1 aromatic rings. The van der Waals surface area contributed by atoms with Crippen molar-refractivity contribution in [1.29, 1.82) is 0 Å². The highest BCUT2D eigenvalue weighted by atomic mass is 79.9. The Balaban J connectivity index is 2.36. The lowest BCUT2D eigenvalue weighted by Crippen LogP contribution is -2.35. The number of hydrogen-bond acceptors (Lipinski definition) is 5. The number of nitrogens with one attached hydrogen (secondary N) is 1. The van der Waals surface area contributed by atoms with E-state index >= 15 is 0 Å². The van der Waals surface area contributed by atoms with E-state index in [1.54, 1.807) is 0 Å². The number of rotatable bonds is 4. The largest absolute Gasteiger partial charge is 0.494 e. The van der Waals surface area contributed by atoms with Crippen LogP contribution >= 0.6 is 26.6 Å². The summed E-state index contributed by atoms with van der Waals surface area (Å²) in [5.41, 5.74) is 0.175. The second kappa shape index (κ2) is 6.51. The standard InChI is InChI=1S/C12H13BrClNO5S/c1-19-11-9(13)4-7(5-10(11)21(14,17)18)12(16)15-8-2-3-20-6-8/h4-5,8H,2-3,6H2,1H3,(H,15,16). The van der Waals surface area contributed by atoms with Crippen LogP contribution in [0.4, 0.5) is 0 Å². The maximum absolute atomic E-state index is 12.2. The van der Waals surface area contributed by atoms with Crippen LogP contribution in [0.2, 0.25) is 0 Å². The average molecular weight is 399 g/mol. The summed E-state index contributed by atoms with van der Waals surface area (Å²) in [6.07, 6.45) is 0.726. The van der Waals surface area contributed by atoms with Crippen LogP contribution < -0.4 is 10.1 Å². The molecule has 0 spiro atoms. The fourth-order valence-electron chi connectivity index (χ4n) is 2.00. The zero-order valence-electron chi connectivity index (χ0n) is 11.1. The number of methoxy groups -OCH3 is 1. The van der Waals surface area contributed by atoms with Crippen molar-refractivity contribution in [3.8, 4) is 5.75 Å². The Morgan fingerprint density at radius 2 is 2.24 bits per heavy atom. The fourth-order valence-corrected chi connectivity index (χ4v) is 3.78. The van der Waals surface area contributed by atoms with Gasteiger partial charge in [-0.25, -0.2) is 8.42 Å². The molecule has 0 saturated carbocycles. The monoisotopic (exact) mass is 397 g/mol. The van der Waals surface area contributed by atoms with E-state index in [0.717, 1.165) is 6.42 Å². The van der Waals surface area contributed by atoms with Crippen molar-refractivity contribution < 1.29 is 22.7 Å². The van der Waals surface area contributed by atoms with Gasteiger partial charge in [0, 0.05) is 22.9 Å². The first-order valence-corrected chi connectivity index (χ1v) is 9.14. The molecule has 0 aromatic heterocycles. The topological polar surface area (TPSA) is 81.7 Å². The molecule has 9 heteroatoms. The van der Waals surface area contributed by atoms with Crippen molar-refractivity contribution in [2.45, 2.75) is 17.4 Å². The van der Waals surface area contributed by atoms with Gasteiger partial charge in [0.25, 0.3) is 15.0 Å². The minimum absolute atomic E-state index is 0.0609. The highest BCUT2D eigenvalue weighted by molar-refractivity contribution is 9.10. The van der Waals surface area contributed by atoms with Crippen molar-refractivity contribution in [3.63, 3.8) is 0 Å². The zero-order valence-corrected chi connectivity index (χ0v) is 14.2. The van der Waals surface area contributed by atoms with Gasteiger partial charge >= 0.3 is 0 Å². The fraction of sp³-hybridized carbons (Fsp3) is 0.417. The predicted octanol–water partition coefficient (Wildman–Crippen LogP) is 1.90. The van der Waals surface area contributed by atoms with Gasteiger partial charge in [-0.3, -0.25) is 4.79 Å². The van der Waals surface area contributed by atoms with Crippen LogP contribution in [0.15, 0.2) is 21.5 Å². The summed E-state index contributed by atoms with van der Waals surface area (Å²) in [6, 6.07) is 2.60. The van der Waals surface area contributed by atoms with E-state index in [9.17, 15) is 13.2 Å². The molecule has 1 heterocycles. The van der Waals surface area contributed by atoms with Gasteiger partial charge < -0.3 is 14.8 Å². The van der Waals surface area contributed by atoms with Gasteiger partial charge in [-0.05, 0) is 34.5 Å². The van der Waals surface area contributed by atoms with E-state index < -0.39 is 15.0 Å². The van der Waals surface area contributed by atoms with Crippen LogP contribution in [0.1, 0.15) is 16.8 Å². The summed E-state index contributed by atoms with van der Waals surface area (Å²) in [6.45, 7) is 1.04. The van der Waals surface area contributed by atoms with E-state index in [0.29, 0.717) is 17.7 Å².